The van der Waals surface area contributed by atoms with Gasteiger partial charge in [-0.1, -0.05) is 0 Å². The first-order valence-corrected chi connectivity index (χ1v) is 6.78. The van der Waals surface area contributed by atoms with Gasteiger partial charge >= 0.3 is 12.3 Å². The molecule has 0 aliphatic heterocycles. The molecule has 0 spiro atoms. The zero-order valence-corrected chi connectivity index (χ0v) is 12.1. The molecule has 0 aliphatic rings. The number of fused-ring (bicyclic) bond motifs is 1. The number of H-pyrrole nitrogens is 1. The molecule has 0 fully saturated rings. The molecule has 0 aromatic carbocycles. The zero-order chi connectivity index (χ0) is 17.1. The van der Waals surface area contributed by atoms with E-state index < -0.39 is 18.2 Å². The summed E-state index contributed by atoms with van der Waals surface area (Å²) in [5.41, 5.74) is 0.425. The lowest BCUT2D eigenvalue weighted by molar-refractivity contribution is -0.0500. The SMILES string of the molecule is O=C(NCc1ccc(OC(F)F)cn1)c1cccn2c(=O)[nH]nc12. The molecule has 0 unspecified atom stereocenters. The highest BCUT2D eigenvalue weighted by Gasteiger charge is 2.13. The van der Waals surface area contributed by atoms with Gasteiger partial charge in [-0.15, -0.1) is 0 Å². The fraction of sp³-hybridized carbons (Fsp3) is 0.143. The second kappa shape index (κ2) is 6.44. The normalized spacial score (nSPS) is 11.0. The van der Waals surface area contributed by atoms with Gasteiger partial charge in [0, 0.05) is 6.20 Å². The van der Waals surface area contributed by atoms with Gasteiger partial charge in [0.2, 0.25) is 0 Å². The molecule has 0 atom stereocenters. The molecule has 1 amide bonds. The van der Waals surface area contributed by atoms with E-state index in [0.29, 0.717) is 5.69 Å². The predicted molar refractivity (Wildman–Crippen MR) is 77.9 cm³/mol. The average molecular weight is 335 g/mol. The topological polar surface area (TPSA) is 101 Å². The van der Waals surface area contributed by atoms with Crippen molar-refractivity contribution in [2.75, 3.05) is 0 Å². The highest BCUT2D eigenvalue weighted by atomic mass is 19.3. The Kier molecular flexibility index (Phi) is 4.18. The van der Waals surface area contributed by atoms with Gasteiger partial charge < -0.3 is 10.1 Å². The minimum Gasteiger partial charge on any atom is -0.433 e. The second-order valence-electron chi connectivity index (χ2n) is 4.69. The molecule has 10 heteroatoms. The summed E-state index contributed by atoms with van der Waals surface area (Å²) in [6.07, 6.45) is 2.63. The third-order valence-electron chi connectivity index (χ3n) is 3.14. The molecule has 0 radical (unpaired) electrons. The minimum atomic E-state index is -2.92. The number of nitrogens with zero attached hydrogens (tertiary/aromatic N) is 3. The molecule has 0 aliphatic carbocycles. The molecule has 0 bridgehead atoms. The van der Waals surface area contributed by atoms with Crippen molar-refractivity contribution in [2.45, 2.75) is 13.2 Å². The Morgan fingerprint density at radius 2 is 2.21 bits per heavy atom. The van der Waals surface area contributed by atoms with E-state index >= 15 is 0 Å². The molecule has 0 saturated carbocycles. The van der Waals surface area contributed by atoms with Crippen LogP contribution in [-0.2, 0) is 6.54 Å². The maximum absolute atomic E-state index is 12.2. The van der Waals surface area contributed by atoms with Crippen LogP contribution in [0.25, 0.3) is 5.65 Å². The Balaban J connectivity index is 1.70. The molecule has 24 heavy (non-hydrogen) atoms. The lowest BCUT2D eigenvalue weighted by atomic mass is 10.2. The van der Waals surface area contributed by atoms with E-state index in [2.05, 4.69) is 25.2 Å². The lowest BCUT2D eigenvalue weighted by Gasteiger charge is -2.07. The van der Waals surface area contributed by atoms with Crippen molar-refractivity contribution in [3.8, 4) is 5.75 Å². The van der Waals surface area contributed by atoms with Crippen LogP contribution in [0.1, 0.15) is 16.1 Å². The predicted octanol–water partition coefficient (Wildman–Crippen LogP) is 0.949. The lowest BCUT2D eigenvalue weighted by Crippen LogP contribution is -2.24. The molecule has 124 valence electrons. The van der Waals surface area contributed by atoms with Gasteiger partial charge in [-0.05, 0) is 24.3 Å². The summed E-state index contributed by atoms with van der Waals surface area (Å²) >= 11 is 0. The molecular weight excluding hydrogens is 324 g/mol. The molecule has 8 nitrogen and oxygen atoms in total. The third kappa shape index (κ3) is 3.21. The van der Waals surface area contributed by atoms with Crippen molar-refractivity contribution in [1.29, 1.82) is 0 Å². The summed E-state index contributed by atoms with van der Waals surface area (Å²) in [6, 6.07) is 5.86. The van der Waals surface area contributed by atoms with Crippen LogP contribution in [0.4, 0.5) is 8.78 Å². The van der Waals surface area contributed by atoms with Crippen molar-refractivity contribution in [1.82, 2.24) is 24.9 Å². The number of halogens is 2. The van der Waals surface area contributed by atoms with Crippen LogP contribution in [0.3, 0.4) is 0 Å². The van der Waals surface area contributed by atoms with Crippen LogP contribution in [0.5, 0.6) is 5.75 Å². The van der Waals surface area contributed by atoms with Crippen molar-refractivity contribution < 1.29 is 18.3 Å². The van der Waals surface area contributed by atoms with E-state index in [1.165, 1.54) is 28.8 Å². The highest BCUT2D eigenvalue weighted by molar-refractivity contribution is 5.99. The summed E-state index contributed by atoms with van der Waals surface area (Å²) in [5, 5.41) is 8.67. The number of hydrogen-bond donors (Lipinski definition) is 2. The number of nitrogens with one attached hydrogen (secondary N) is 2. The fourth-order valence-corrected chi connectivity index (χ4v) is 2.06. The van der Waals surface area contributed by atoms with E-state index in [9.17, 15) is 18.4 Å². The van der Waals surface area contributed by atoms with Crippen LogP contribution in [0, 0.1) is 0 Å². The van der Waals surface area contributed by atoms with Gasteiger partial charge in [0.1, 0.15) is 5.75 Å². The summed E-state index contributed by atoms with van der Waals surface area (Å²) in [4.78, 5) is 27.6. The molecule has 3 aromatic heterocycles. The number of hydrogen-bond acceptors (Lipinski definition) is 5. The number of pyridine rings is 2. The minimum absolute atomic E-state index is 0.0688. The number of carbonyl (C=O) groups is 1. The number of amides is 1. The summed E-state index contributed by atoms with van der Waals surface area (Å²) < 4.78 is 29.5. The summed E-state index contributed by atoms with van der Waals surface area (Å²) in [7, 11) is 0. The first-order valence-electron chi connectivity index (χ1n) is 6.78. The van der Waals surface area contributed by atoms with E-state index in [4.69, 9.17) is 0 Å². The third-order valence-corrected chi connectivity index (χ3v) is 3.14. The summed E-state index contributed by atoms with van der Waals surface area (Å²) in [5.74, 6) is -0.518. The first kappa shape index (κ1) is 15.6. The van der Waals surface area contributed by atoms with Crippen molar-refractivity contribution in [3.05, 3.63) is 58.4 Å². The molecule has 3 rings (SSSR count). The number of aromatic nitrogens is 4. The zero-order valence-electron chi connectivity index (χ0n) is 12.1. The van der Waals surface area contributed by atoms with Gasteiger partial charge in [0.25, 0.3) is 5.91 Å². The van der Waals surface area contributed by atoms with Crippen molar-refractivity contribution in [3.63, 3.8) is 0 Å². The van der Waals surface area contributed by atoms with Crippen LogP contribution >= 0.6 is 0 Å². The maximum atomic E-state index is 12.2. The molecule has 3 heterocycles. The Hall–Kier alpha value is -3.30. The van der Waals surface area contributed by atoms with Crippen LogP contribution in [0.15, 0.2) is 41.5 Å². The molecule has 3 aromatic rings. The number of aromatic amines is 1. The van der Waals surface area contributed by atoms with Crippen LogP contribution in [0.2, 0.25) is 0 Å². The smallest absolute Gasteiger partial charge is 0.387 e. The monoisotopic (exact) mass is 335 g/mol. The largest absolute Gasteiger partial charge is 0.433 e. The Morgan fingerprint density at radius 1 is 1.38 bits per heavy atom. The number of rotatable bonds is 5. The average Bonchev–Trinajstić information content (AvgIpc) is 2.95. The van der Waals surface area contributed by atoms with Gasteiger partial charge in [0.05, 0.1) is 24.0 Å². The Morgan fingerprint density at radius 3 is 2.92 bits per heavy atom. The van der Waals surface area contributed by atoms with E-state index in [1.807, 2.05) is 0 Å². The Bertz CT molecular complexity index is 920. The highest BCUT2D eigenvalue weighted by Crippen LogP contribution is 2.12. The molecular formula is C14H11F2N5O3. The van der Waals surface area contributed by atoms with E-state index in [1.54, 1.807) is 6.07 Å². The van der Waals surface area contributed by atoms with Crippen molar-refractivity contribution in [2.24, 2.45) is 0 Å². The van der Waals surface area contributed by atoms with Crippen molar-refractivity contribution >= 4 is 11.6 Å². The first-order chi connectivity index (χ1) is 11.5. The van der Waals surface area contributed by atoms with Gasteiger partial charge in [0.15, 0.2) is 5.65 Å². The van der Waals surface area contributed by atoms with Crippen LogP contribution < -0.4 is 15.7 Å². The second-order valence-corrected chi connectivity index (χ2v) is 4.69. The molecule has 2 N–H and O–H groups in total. The number of alkyl halides is 2. The Labute approximate surface area is 133 Å². The maximum Gasteiger partial charge on any atom is 0.387 e. The van der Waals surface area contributed by atoms with E-state index in [0.717, 1.165) is 6.20 Å². The van der Waals surface area contributed by atoms with E-state index in [-0.39, 0.29) is 23.5 Å². The van der Waals surface area contributed by atoms with Gasteiger partial charge in [-0.25, -0.2) is 14.3 Å². The number of carbonyl (C=O) groups excluding carboxylic acids is 1. The van der Waals surface area contributed by atoms with Gasteiger partial charge in [-0.2, -0.15) is 13.9 Å². The van der Waals surface area contributed by atoms with Gasteiger partial charge in [-0.3, -0.25) is 9.78 Å². The fourth-order valence-electron chi connectivity index (χ4n) is 2.06. The number of ether oxygens (including phenoxy) is 1. The summed E-state index contributed by atoms with van der Waals surface area (Å²) in [6.45, 7) is -2.85. The quantitative estimate of drug-likeness (QED) is 0.723. The standard InChI is InChI=1S/C14H11F2N5O3/c15-13(16)24-9-4-3-8(17-7-9)6-18-12(22)10-2-1-5-21-11(10)19-20-14(21)23/h1-5,7,13H,6H2,(H,18,22)(H,20,23). The molecule has 0 saturated heterocycles. The van der Waals surface area contributed by atoms with Crippen LogP contribution in [-0.4, -0.2) is 32.1 Å².